The van der Waals surface area contributed by atoms with Gasteiger partial charge in [-0.3, -0.25) is 4.99 Å². The van der Waals surface area contributed by atoms with E-state index in [2.05, 4.69) is 46.8 Å². The molecule has 0 saturated carbocycles. The Balaban J connectivity index is 0.00000128. The van der Waals surface area contributed by atoms with Gasteiger partial charge in [0.15, 0.2) is 5.96 Å². The molecule has 0 bridgehead atoms. The molecule has 1 heterocycles. The van der Waals surface area contributed by atoms with Crippen LogP contribution in [0.4, 0.5) is 0 Å². The van der Waals surface area contributed by atoms with E-state index >= 15 is 0 Å². The summed E-state index contributed by atoms with van der Waals surface area (Å²) in [7, 11) is 0. The molecule has 1 aromatic rings. The molecular formula is C12H18IN3. The third kappa shape index (κ3) is 3.66. The molecule has 0 spiro atoms. The first kappa shape index (κ1) is 13.3. The van der Waals surface area contributed by atoms with Crippen LogP contribution in [-0.2, 0) is 13.0 Å². The maximum absolute atomic E-state index is 4.28. The Morgan fingerprint density at radius 2 is 1.94 bits per heavy atom. The Hall–Kier alpha value is -0.780. The Morgan fingerprint density at radius 3 is 2.50 bits per heavy atom. The zero-order valence-corrected chi connectivity index (χ0v) is 11.8. The fraction of sp³-hybridized carbons (Fsp3) is 0.417. The second kappa shape index (κ2) is 6.73. The maximum Gasteiger partial charge on any atom is 0.191 e. The lowest BCUT2D eigenvalue weighted by Crippen LogP contribution is -2.33. The summed E-state index contributed by atoms with van der Waals surface area (Å²) >= 11 is 0. The molecule has 1 aromatic carbocycles. The van der Waals surface area contributed by atoms with Gasteiger partial charge in [-0.15, -0.1) is 24.0 Å². The SMILES string of the molecule is CCc1ccc(CNC2=NCCN2)cc1.I. The van der Waals surface area contributed by atoms with Crippen LogP contribution in [0.25, 0.3) is 0 Å². The molecule has 2 N–H and O–H groups in total. The summed E-state index contributed by atoms with van der Waals surface area (Å²) < 4.78 is 0. The second-order valence-electron chi connectivity index (χ2n) is 3.68. The monoisotopic (exact) mass is 331 g/mol. The summed E-state index contributed by atoms with van der Waals surface area (Å²) in [5.74, 6) is 0.926. The van der Waals surface area contributed by atoms with Crippen molar-refractivity contribution >= 4 is 29.9 Å². The molecule has 0 unspecified atom stereocenters. The predicted octanol–water partition coefficient (Wildman–Crippen LogP) is 1.92. The van der Waals surface area contributed by atoms with Crippen LogP contribution in [0.2, 0.25) is 0 Å². The summed E-state index contributed by atoms with van der Waals surface area (Å²) in [6.07, 6.45) is 1.10. The van der Waals surface area contributed by atoms with Gasteiger partial charge in [0.05, 0.1) is 6.54 Å². The summed E-state index contributed by atoms with van der Waals surface area (Å²) in [4.78, 5) is 4.28. The van der Waals surface area contributed by atoms with E-state index in [1.54, 1.807) is 0 Å². The molecule has 0 atom stereocenters. The number of nitrogens with one attached hydrogen (secondary N) is 2. The zero-order valence-electron chi connectivity index (χ0n) is 9.49. The van der Waals surface area contributed by atoms with Crippen molar-refractivity contribution in [2.75, 3.05) is 13.1 Å². The van der Waals surface area contributed by atoms with Crippen molar-refractivity contribution in [1.82, 2.24) is 10.6 Å². The smallest absolute Gasteiger partial charge is 0.191 e. The van der Waals surface area contributed by atoms with Crippen LogP contribution in [0.3, 0.4) is 0 Å². The van der Waals surface area contributed by atoms with E-state index in [9.17, 15) is 0 Å². The van der Waals surface area contributed by atoms with Crippen LogP contribution in [-0.4, -0.2) is 19.0 Å². The van der Waals surface area contributed by atoms with Crippen molar-refractivity contribution in [3.05, 3.63) is 35.4 Å². The summed E-state index contributed by atoms with van der Waals surface area (Å²) in [5, 5.41) is 6.46. The lowest BCUT2D eigenvalue weighted by Gasteiger charge is -2.06. The van der Waals surface area contributed by atoms with E-state index in [1.807, 2.05) is 0 Å². The Labute approximate surface area is 114 Å². The first-order valence-corrected chi connectivity index (χ1v) is 5.48. The van der Waals surface area contributed by atoms with Gasteiger partial charge in [-0.2, -0.15) is 0 Å². The normalized spacial score (nSPS) is 13.7. The first-order valence-electron chi connectivity index (χ1n) is 5.48. The first-order chi connectivity index (χ1) is 7.38. The van der Waals surface area contributed by atoms with E-state index in [-0.39, 0.29) is 24.0 Å². The molecular weight excluding hydrogens is 313 g/mol. The molecule has 2 rings (SSSR count). The van der Waals surface area contributed by atoms with Crippen LogP contribution in [0, 0.1) is 0 Å². The van der Waals surface area contributed by atoms with E-state index in [1.165, 1.54) is 11.1 Å². The predicted molar refractivity (Wildman–Crippen MR) is 78.4 cm³/mol. The Morgan fingerprint density at radius 1 is 1.25 bits per heavy atom. The summed E-state index contributed by atoms with van der Waals surface area (Å²) in [6, 6.07) is 8.70. The lowest BCUT2D eigenvalue weighted by molar-refractivity contribution is 0.866. The van der Waals surface area contributed by atoms with Crippen LogP contribution in [0.1, 0.15) is 18.1 Å². The van der Waals surface area contributed by atoms with Gasteiger partial charge in [0, 0.05) is 13.1 Å². The highest BCUT2D eigenvalue weighted by atomic mass is 127. The summed E-state index contributed by atoms with van der Waals surface area (Å²) in [5.41, 5.74) is 2.68. The van der Waals surface area contributed by atoms with Crippen LogP contribution in [0.5, 0.6) is 0 Å². The van der Waals surface area contributed by atoms with Gasteiger partial charge in [-0.1, -0.05) is 31.2 Å². The molecule has 0 amide bonds. The number of aliphatic imine (C=N–C) groups is 1. The van der Waals surface area contributed by atoms with E-state index < -0.39 is 0 Å². The number of halogens is 1. The number of hydrogen-bond acceptors (Lipinski definition) is 3. The highest BCUT2D eigenvalue weighted by molar-refractivity contribution is 14.0. The molecule has 1 aliphatic heterocycles. The number of rotatable bonds is 3. The van der Waals surface area contributed by atoms with Gasteiger partial charge in [-0.25, -0.2) is 0 Å². The largest absolute Gasteiger partial charge is 0.355 e. The standard InChI is InChI=1S/C12H17N3.HI/c1-2-10-3-5-11(6-4-10)9-15-12-13-7-8-14-12;/h3-6H,2,7-9H2,1H3,(H2,13,14,15);1H. The Kier molecular flexibility index (Phi) is 5.59. The Bertz CT molecular complexity index is 346. The molecule has 0 radical (unpaired) electrons. The van der Waals surface area contributed by atoms with Gasteiger partial charge in [0.1, 0.15) is 0 Å². The average molecular weight is 331 g/mol. The molecule has 0 aromatic heterocycles. The minimum absolute atomic E-state index is 0. The average Bonchev–Trinajstić information content (AvgIpc) is 2.80. The molecule has 4 heteroatoms. The topological polar surface area (TPSA) is 36.4 Å². The highest BCUT2D eigenvalue weighted by Crippen LogP contribution is 2.04. The van der Waals surface area contributed by atoms with Gasteiger partial charge < -0.3 is 10.6 Å². The number of hydrogen-bond donors (Lipinski definition) is 2. The zero-order chi connectivity index (χ0) is 10.5. The molecule has 0 aliphatic carbocycles. The van der Waals surface area contributed by atoms with Gasteiger partial charge in [-0.05, 0) is 17.5 Å². The second-order valence-corrected chi connectivity index (χ2v) is 3.68. The van der Waals surface area contributed by atoms with Crippen molar-refractivity contribution < 1.29 is 0 Å². The lowest BCUT2D eigenvalue weighted by atomic mass is 10.1. The molecule has 1 aliphatic rings. The van der Waals surface area contributed by atoms with Crippen molar-refractivity contribution in [3.8, 4) is 0 Å². The van der Waals surface area contributed by atoms with Crippen molar-refractivity contribution in [2.45, 2.75) is 19.9 Å². The summed E-state index contributed by atoms with van der Waals surface area (Å²) in [6.45, 7) is 4.86. The molecule has 0 fully saturated rings. The van der Waals surface area contributed by atoms with Crippen molar-refractivity contribution in [3.63, 3.8) is 0 Å². The van der Waals surface area contributed by atoms with Crippen molar-refractivity contribution in [2.24, 2.45) is 4.99 Å². The minimum atomic E-state index is 0. The highest BCUT2D eigenvalue weighted by Gasteiger charge is 2.03. The number of nitrogens with zero attached hydrogens (tertiary/aromatic N) is 1. The molecule has 0 saturated heterocycles. The van der Waals surface area contributed by atoms with E-state index in [4.69, 9.17) is 0 Å². The maximum atomic E-state index is 4.28. The van der Waals surface area contributed by atoms with E-state index in [0.29, 0.717) is 0 Å². The third-order valence-corrected chi connectivity index (χ3v) is 2.57. The molecule has 88 valence electrons. The van der Waals surface area contributed by atoms with Gasteiger partial charge in [0.2, 0.25) is 0 Å². The molecule has 3 nitrogen and oxygen atoms in total. The fourth-order valence-electron chi connectivity index (χ4n) is 1.59. The quantitative estimate of drug-likeness (QED) is 0.831. The van der Waals surface area contributed by atoms with Gasteiger partial charge in [0.25, 0.3) is 0 Å². The minimum Gasteiger partial charge on any atom is -0.355 e. The number of benzene rings is 1. The number of guanidine groups is 1. The molecule has 16 heavy (non-hydrogen) atoms. The van der Waals surface area contributed by atoms with Gasteiger partial charge >= 0.3 is 0 Å². The van der Waals surface area contributed by atoms with Crippen LogP contribution < -0.4 is 10.6 Å². The van der Waals surface area contributed by atoms with Crippen LogP contribution >= 0.6 is 24.0 Å². The third-order valence-electron chi connectivity index (χ3n) is 2.57. The van der Waals surface area contributed by atoms with Crippen LogP contribution in [0.15, 0.2) is 29.3 Å². The number of aryl methyl sites for hydroxylation is 1. The van der Waals surface area contributed by atoms with Crippen molar-refractivity contribution in [1.29, 1.82) is 0 Å². The van der Waals surface area contributed by atoms with E-state index in [0.717, 1.165) is 32.0 Å². The fourth-order valence-corrected chi connectivity index (χ4v) is 1.59.